The van der Waals surface area contributed by atoms with Crippen LogP contribution in [0.1, 0.15) is 39.2 Å². The Labute approximate surface area is 140 Å². The monoisotopic (exact) mass is 363 g/mol. The van der Waals surface area contributed by atoms with E-state index in [9.17, 15) is 9.59 Å². The number of ketones is 1. The molecule has 2 aliphatic rings. The molecule has 1 aromatic carbocycles. The van der Waals surface area contributed by atoms with Gasteiger partial charge in [-0.15, -0.1) is 0 Å². The number of amides is 1. The standard InChI is InChI=1S/C18H22BrNO2/c1-11-5-7-12(8-6-11)20-15(22)18-10-9-17(4,16(18,2)3)14(21)13(18)19/h5-8,13H,9-10H2,1-4H3,(H,20,22)/t13-,17-,18+/m0/s1. The lowest BCUT2D eigenvalue weighted by Crippen LogP contribution is -2.47. The van der Waals surface area contributed by atoms with Crippen LogP contribution in [0.3, 0.4) is 0 Å². The van der Waals surface area contributed by atoms with Gasteiger partial charge in [0.05, 0.1) is 10.2 Å². The SMILES string of the molecule is Cc1ccc(NC(=O)[C@@]23CC[C@@](C)(C(=O)[C@@H]2Br)C3(C)C)cc1. The summed E-state index contributed by atoms with van der Waals surface area (Å²) in [7, 11) is 0. The first-order chi connectivity index (χ1) is 10.2. The summed E-state index contributed by atoms with van der Waals surface area (Å²) in [6.07, 6.45) is 1.53. The number of carbonyl (C=O) groups excluding carboxylic acids is 2. The van der Waals surface area contributed by atoms with Gasteiger partial charge in [-0.2, -0.15) is 0 Å². The minimum atomic E-state index is -0.677. The Hall–Kier alpha value is -1.16. The van der Waals surface area contributed by atoms with Crippen molar-refractivity contribution in [1.82, 2.24) is 0 Å². The van der Waals surface area contributed by atoms with Crippen LogP contribution >= 0.6 is 15.9 Å². The molecule has 0 saturated heterocycles. The van der Waals surface area contributed by atoms with Gasteiger partial charge in [-0.25, -0.2) is 0 Å². The quantitative estimate of drug-likeness (QED) is 0.804. The van der Waals surface area contributed by atoms with Gasteiger partial charge < -0.3 is 5.32 Å². The number of hydrogen-bond acceptors (Lipinski definition) is 2. The molecule has 0 aliphatic heterocycles. The molecule has 0 unspecified atom stereocenters. The molecule has 0 radical (unpaired) electrons. The summed E-state index contributed by atoms with van der Waals surface area (Å²) in [5, 5.41) is 3.03. The van der Waals surface area contributed by atoms with Gasteiger partial charge in [0.25, 0.3) is 0 Å². The summed E-state index contributed by atoms with van der Waals surface area (Å²) in [4.78, 5) is 25.4. The second kappa shape index (κ2) is 4.67. The van der Waals surface area contributed by atoms with Gasteiger partial charge in [-0.05, 0) is 37.3 Å². The number of halogens is 1. The largest absolute Gasteiger partial charge is 0.326 e. The normalized spacial score (nSPS) is 35.7. The number of rotatable bonds is 2. The molecule has 1 aromatic rings. The number of hydrogen-bond donors (Lipinski definition) is 1. The van der Waals surface area contributed by atoms with Crippen molar-refractivity contribution < 1.29 is 9.59 Å². The number of Topliss-reactive ketones (excluding diaryl/α,β-unsaturated/α-hetero) is 1. The van der Waals surface area contributed by atoms with Gasteiger partial charge in [-0.3, -0.25) is 9.59 Å². The third kappa shape index (κ3) is 1.67. The van der Waals surface area contributed by atoms with Gasteiger partial charge in [0, 0.05) is 11.1 Å². The van der Waals surface area contributed by atoms with Crippen molar-refractivity contribution in [2.24, 2.45) is 16.2 Å². The Morgan fingerprint density at radius 1 is 1.18 bits per heavy atom. The van der Waals surface area contributed by atoms with Crippen molar-refractivity contribution in [3.63, 3.8) is 0 Å². The molecule has 22 heavy (non-hydrogen) atoms. The van der Waals surface area contributed by atoms with Crippen molar-refractivity contribution in [1.29, 1.82) is 0 Å². The van der Waals surface area contributed by atoms with Crippen molar-refractivity contribution >= 4 is 33.3 Å². The number of carbonyl (C=O) groups is 2. The molecule has 1 N–H and O–H groups in total. The molecular weight excluding hydrogens is 342 g/mol. The number of anilines is 1. The van der Waals surface area contributed by atoms with Gasteiger partial charge in [-0.1, -0.05) is 54.4 Å². The molecule has 3 nitrogen and oxygen atoms in total. The van der Waals surface area contributed by atoms with E-state index in [2.05, 4.69) is 35.1 Å². The van der Waals surface area contributed by atoms with Crippen molar-refractivity contribution in [3.05, 3.63) is 29.8 Å². The number of benzene rings is 1. The van der Waals surface area contributed by atoms with Crippen LogP contribution < -0.4 is 5.32 Å². The molecule has 118 valence electrons. The first-order valence-electron chi connectivity index (χ1n) is 7.73. The zero-order valence-electron chi connectivity index (χ0n) is 13.5. The van der Waals surface area contributed by atoms with Crippen LogP contribution in [0.25, 0.3) is 0 Å². The maximum Gasteiger partial charge on any atom is 0.232 e. The Bertz CT molecular complexity index is 652. The molecule has 0 spiro atoms. The molecular formula is C18H22BrNO2. The second-order valence-electron chi connectivity index (χ2n) is 7.48. The highest BCUT2D eigenvalue weighted by Crippen LogP contribution is 2.72. The third-order valence-electron chi connectivity index (χ3n) is 6.44. The lowest BCUT2D eigenvalue weighted by Gasteiger charge is -2.39. The summed E-state index contributed by atoms with van der Waals surface area (Å²) in [6.45, 7) is 8.15. The van der Waals surface area contributed by atoms with Crippen molar-refractivity contribution in [3.8, 4) is 0 Å². The topological polar surface area (TPSA) is 46.2 Å². The Kier molecular flexibility index (Phi) is 3.34. The van der Waals surface area contributed by atoms with E-state index < -0.39 is 15.7 Å². The molecule has 3 atom stereocenters. The van der Waals surface area contributed by atoms with Crippen molar-refractivity contribution in [2.75, 3.05) is 5.32 Å². The zero-order valence-corrected chi connectivity index (χ0v) is 15.1. The van der Waals surface area contributed by atoms with E-state index in [0.717, 1.165) is 24.1 Å². The van der Waals surface area contributed by atoms with E-state index in [1.54, 1.807) is 0 Å². The average molecular weight is 364 g/mol. The van der Waals surface area contributed by atoms with Gasteiger partial charge >= 0.3 is 0 Å². The van der Waals surface area contributed by atoms with E-state index in [1.165, 1.54) is 0 Å². The fourth-order valence-corrected chi connectivity index (χ4v) is 5.85. The molecule has 0 aromatic heterocycles. The van der Waals surface area contributed by atoms with E-state index in [1.807, 2.05) is 38.1 Å². The van der Waals surface area contributed by atoms with Crippen LogP contribution in [0, 0.1) is 23.2 Å². The summed E-state index contributed by atoms with van der Waals surface area (Å²) in [5.74, 6) is 0.126. The van der Waals surface area contributed by atoms with Crippen LogP contribution in [-0.2, 0) is 9.59 Å². The summed E-state index contributed by atoms with van der Waals surface area (Å²) < 4.78 is 0. The highest BCUT2D eigenvalue weighted by atomic mass is 79.9. The Morgan fingerprint density at radius 2 is 1.77 bits per heavy atom. The summed E-state index contributed by atoms with van der Waals surface area (Å²) in [6, 6.07) is 7.77. The first kappa shape index (κ1) is 15.7. The number of alkyl halides is 1. The molecule has 2 fully saturated rings. The number of fused-ring (bicyclic) bond motifs is 2. The Morgan fingerprint density at radius 3 is 2.27 bits per heavy atom. The maximum absolute atomic E-state index is 13.1. The Balaban J connectivity index is 1.97. The fraction of sp³-hybridized carbons (Fsp3) is 0.556. The highest BCUT2D eigenvalue weighted by Gasteiger charge is 2.76. The molecule has 2 aliphatic carbocycles. The van der Waals surface area contributed by atoms with E-state index in [-0.39, 0.29) is 17.1 Å². The summed E-state index contributed by atoms with van der Waals surface area (Å²) in [5.41, 5.74) is 0.475. The average Bonchev–Trinajstić information content (AvgIpc) is 2.74. The molecule has 2 bridgehead atoms. The minimum absolute atomic E-state index is 0.0437. The molecule has 1 amide bonds. The second-order valence-corrected chi connectivity index (χ2v) is 8.39. The lowest BCUT2D eigenvalue weighted by atomic mass is 9.64. The number of aryl methyl sites for hydroxylation is 1. The van der Waals surface area contributed by atoms with E-state index in [4.69, 9.17) is 0 Å². The zero-order chi connectivity index (χ0) is 16.3. The third-order valence-corrected chi connectivity index (χ3v) is 7.63. The van der Waals surface area contributed by atoms with Gasteiger partial charge in [0.15, 0.2) is 5.78 Å². The van der Waals surface area contributed by atoms with Crippen LogP contribution in [-0.4, -0.2) is 16.5 Å². The fourth-order valence-electron chi connectivity index (χ4n) is 4.33. The molecule has 4 heteroatoms. The molecule has 0 heterocycles. The highest BCUT2D eigenvalue weighted by molar-refractivity contribution is 9.10. The predicted octanol–water partition coefficient (Wildman–Crippen LogP) is 4.09. The predicted molar refractivity (Wildman–Crippen MR) is 91.1 cm³/mol. The lowest BCUT2D eigenvalue weighted by molar-refractivity contribution is -0.130. The maximum atomic E-state index is 13.1. The van der Waals surface area contributed by atoms with Gasteiger partial charge in [0.2, 0.25) is 5.91 Å². The summed E-state index contributed by atoms with van der Waals surface area (Å²) >= 11 is 3.54. The minimum Gasteiger partial charge on any atom is -0.326 e. The van der Waals surface area contributed by atoms with Gasteiger partial charge in [0.1, 0.15) is 0 Å². The van der Waals surface area contributed by atoms with Crippen LogP contribution in [0.5, 0.6) is 0 Å². The van der Waals surface area contributed by atoms with Crippen molar-refractivity contribution in [2.45, 2.75) is 45.4 Å². The number of nitrogens with one attached hydrogen (secondary N) is 1. The first-order valence-corrected chi connectivity index (χ1v) is 8.65. The molecule has 3 rings (SSSR count). The smallest absolute Gasteiger partial charge is 0.232 e. The van der Waals surface area contributed by atoms with E-state index in [0.29, 0.717) is 0 Å². The van der Waals surface area contributed by atoms with Crippen LogP contribution in [0.2, 0.25) is 0 Å². The van der Waals surface area contributed by atoms with Crippen LogP contribution in [0.4, 0.5) is 5.69 Å². The van der Waals surface area contributed by atoms with Crippen LogP contribution in [0.15, 0.2) is 24.3 Å². The van der Waals surface area contributed by atoms with E-state index >= 15 is 0 Å². The molecule has 2 saturated carbocycles.